The highest BCUT2D eigenvalue weighted by molar-refractivity contribution is 7.91. The van der Waals surface area contributed by atoms with Gasteiger partial charge in [0.05, 0.1) is 17.0 Å². The third-order valence-corrected chi connectivity index (χ3v) is 8.56. The fourth-order valence-corrected chi connectivity index (χ4v) is 5.69. The number of carbonyl (C=O) groups is 1. The number of amides is 1. The van der Waals surface area contributed by atoms with Crippen LogP contribution in [0.1, 0.15) is 47.2 Å². The minimum absolute atomic E-state index is 0.0952. The van der Waals surface area contributed by atoms with Gasteiger partial charge in [0.1, 0.15) is 10.8 Å². The Morgan fingerprint density at radius 2 is 1.80 bits per heavy atom. The summed E-state index contributed by atoms with van der Waals surface area (Å²) in [5.41, 5.74) is 3.13. The van der Waals surface area contributed by atoms with Gasteiger partial charge in [-0.2, -0.15) is 0 Å². The van der Waals surface area contributed by atoms with Gasteiger partial charge in [-0.1, -0.05) is 48.9 Å². The van der Waals surface area contributed by atoms with Crippen molar-refractivity contribution in [3.8, 4) is 0 Å². The van der Waals surface area contributed by atoms with Gasteiger partial charge in [0.15, 0.2) is 14.9 Å². The van der Waals surface area contributed by atoms with Crippen LogP contribution in [0.3, 0.4) is 0 Å². The zero-order valence-electron chi connectivity index (χ0n) is 19.6. The first kappa shape index (κ1) is 25.1. The smallest absolute Gasteiger partial charge is 0.257 e. The van der Waals surface area contributed by atoms with Gasteiger partial charge in [0.25, 0.3) is 5.91 Å². The number of carbonyl (C=O) groups excluding carboxylic acids is 1. The van der Waals surface area contributed by atoms with E-state index in [4.69, 9.17) is 11.6 Å². The van der Waals surface area contributed by atoms with E-state index in [1.807, 2.05) is 31.2 Å². The average Bonchev–Trinajstić information content (AvgIpc) is 2.86. The molecule has 1 amide bonds. The van der Waals surface area contributed by atoms with Gasteiger partial charge in [-0.25, -0.2) is 17.8 Å². The molecule has 1 N–H and O–H groups in total. The van der Waals surface area contributed by atoms with Crippen LogP contribution in [0.2, 0.25) is 5.02 Å². The predicted molar refractivity (Wildman–Crippen MR) is 136 cm³/mol. The summed E-state index contributed by atoms with van der Waals surface area (Å²) in [5, 5.41) is 2.84. The molecular weight excluding hydrogens is 489 g/mol. The van der Waals surface area contributed by atoms with E-state index in [9.17, 15) is 17.6 Å². The number of likely N-dealkylation sites (tertiary alicyclic amines) is 1. The molecule has 9 heteroatoms. The van der Waals surface area contributed by atoms with Crippen molar-refractivity contribution >= 4 is 38.7 Å². The summed E-state index contributed by atoms with van der Waals surface area (Å²) >= 11 is 6.57. The van der Waals surface area contributed by atoms with Gasteiger partial charge < -0.3 is 10.2 Å². The number of sulfone groups is 1. The SMILES string of the molecule is CCS(=O)(=O)c1ncc(C(=O)N2CCC(c3ccc(F)cc3)CC2)c(Nc2ccccc2C)c1Cl. The summed E-state index contributed by atoms with van der Waals surface area (Å²) in [5.74, 6) is -0.460. The highest BCUT2D eigenvalue weighted by atomic mass is 35.5. The van der Waals surface area contributed by atoms with Crippen LogP contribution in [0.15, 0.2) is 59.8 Å². The Kier molecular flexibility index (Phi) is 7.42. The van der Waals surface area contributed by atoms with E-state index in [1.54, 1.807) is 17.0 Å². The van der Waals surface area contributed by atoms with Gasteiger partial charge in [0, 0.05) is 25.0 Å². The molecule has 0 radical (unpaired) electrons. The lowest BCUT2D eigenvalue weighted by Gasteiger charge is -2.33. The molecule has 4 rings (SSSR count). The number of nitrogens with one attached hydrogen (secondary N) is 1. The van der Waals surface area contributed by atoms with Crippen LogP contribution >= 0.6 is 11.6 Å². The van der Waals surface area contributed by atoms with Crippen molar-refractivity contribution in [2.75, 3.05) is 24.2 Å². The maximum atomic E-state index is 13.6. The molecule has 2 aromatic carbocycles. The second kappa shape index (κ2) is 10.3. The normalized spacial score (nSPS) is 14.7. The quantitative estimate of drug-likeness (QED) is 0.453. The molecule has 1 fully saturated rings. The minimum Gasteiger partial charge on any atom is -0.353 e. The summed E-state index contributed by atoms with van der Waals surface area (Å²) in [7, 11) is -3.70. The number of para-hydroxylation sites is 1. The van der Waals surface area contributed by atoms with Crippen molar-refractivity contribution in [2.45, 2.75) is 37.6 Å². The molecule has 1 saturated heterocycles. The first-order chi connectivity index (χ1) is 16.7. The number of benzene rings is 2. The molecule has 3 aromatic rings. The average molecular weight is 516 g/mol. The molecule has 1 aromatic heterocycles. The van der Waals surface area contributed by atoms with Crippen LogP contribution in [0.25, 0.3) is 0 Å². The van der Waals surface area contributed by atoms with Gasteiger partial charge in [-0.15, -0.1) is 0 Å². The first-order valence-corrected chi connectivity index (χ1v) is 13.5. The van der Waals surface area contributed by atoms with Crippen molar-refractivity contribution in [3.63, 3.8) is 0 Å². The minimum atomic E-state index is -3.70. The molecule has 0 aliphatic carbocycles. The molecule has 2 heterocycles. The molecule has 0 atom stereocenters. The predicted octanol–water partition coefficient (Wildman–Crippen LogP) is 5.74. The molecular formula is C26H27ClFN3O3S. The Hall–Kier alpha value is -2.97. The highest BCUT2D eigenvalue weighted by Crippen LogP contribution is 2.36. The van der Waals surface area contributed by atoms with Gasteiger partial charge in [-0.3, -0.25) is 4.79 Å². The largest absolute Gasteiger partial charge is 0.353 e. The van der Waals surface area contributed by atoms with Gasteiger partial charge in [-0.05, 0) is 55.0 Å². The first-order valence-electron chi connectivity index (χ1n) is 11.5. The molecule has 1 aliphatic rings. The number of rotatable bonds is 6. The lowest BCUT2D eigenvalue weighted by atomic mass is 9.89. The molecule has 0 spiro atoms. The Bertz CT molecular complexity index is 1340. The maximum Gasteiger partial charge on any atom is 0.257 e. The van der Waals surface area contributed by atoms with Gasteiger partial charge >= 0.3 is 0 Å². The standard InChI is InChI=1S/C26H27ClFN3O3S/c1-3-35(33,34)25-23(27)24(30-22-7-5-4-6-17(22)2)21(16-29-25)26(32)31-14-12-19(13-15-31)18-8-10-20(28)11-9-18/h4-11,16,19H,3,12-15H2,1-2H3,(H,29,30). The number of halogens is 2. The van der Waals surface area contributed by atoms with Crippen molar-refractivity contribution < 1.29 is 17.6 Å². The summed E-state index contributed by atoms with van der Waals surface area (Å²) in [4.78, 5) is 19.4. The summed E-state index contributed by atoms with van der Waals surface area (Å²) in [6, 6.07) is 14.0. The topological polar surface area (TPSA) is 79.4 Å². The van der Waals surface area contributed by atoms with E-state index < -0.39 is 9.84 Å². The van der Waals surface area contributed by atoms with Crippen LogP contribution in [0.4, 0.5) is 15.8 Å². The fraction of sp³-hybridized carbons (Fsp3) is 0.308. The van der Waals surface area contributed by atoms with E-state index >= 15 is 0 Å². The Morgan fingerprint density at radius 3 is 2.43 bits per heavy atom. The molecule has 184 valence electrons. The number of hydrogen-bond donors (Lipinski definition) is 1. The zero-order valence-corrected chi connectivity index (χ0v) is 21.2. The zero-order chi connectivity index (χ0) is 25.2. The Balaban J connectivity index is 1.64. The number of aryl methyl sites for hydroxylation is 1. The summed E-state index contributed by atoms with van der Waals surface area (Å²) in [6.45, 7) is 4.45. The highest BCUT2D eigenvalue weighted by Gasteiger charge is 2.30. The number of anilines is 2. The van der Waals surface area contributed by atoms with Crippen LogP contribution in [-0.2, 0) is 9.84 Å². The van der Waals surface area contributed by atoms with E-state index in [1.165, 1.54) is 25.3 Å². The number of pyridine rings is 1. The van der Waals surface area contributed by atoms with Crippen molar-refractivity contribution in [2.24, 2.45) is 0 Å². The Morgan fingerprint density at radius 1 is 1.14 bits per heavy atom. The van der Waals surface area contributed by atoms with E-state index in [-0.39, 0.29) is 44.7 Å². The number of hydrogen-bond acceptors (Lipinski definition) is 5. The van der Waals surface area contributed by atoms with E-state index in [2.05, 4.69) is 10.3 Å². The van der Waals surface area contributed by atoms with Crippen molar-refractivity contribution in [1.29, 1.82) is 0 Å². The number of piperidine rings is 1. The lowest BCUT2D eigenvalue weighted by Crippen LogP contribution is -2.38. The fourth-order valence-electron chi connectivity index (χ4n) is 4.28. The monoisotopic (exact) mass is 515 g/mol. The molecule has 6 nitrogen and oxygen atoms in total. The second-order valence-corrected chi connectivity index (χ2v) is 11.2. The lowest BCUT2D eigenvalue weighted by molar-refractivity contribution is 0.0713. The van der Waals surface area contributed by atoms with E-state index in [0.717, 1.165) is 24.0 Å². The molecule has 0 unspecified atom stereocenters. The summed E-state index contributed by atoms with van der Waals surface area (Å²) in [6.07, 6.45) is 2.77. The van der Waals surface area contributed by atoms with Crippen molar-refractivity contribution in [1.82, 2.24) is 9.88 Å². The molecule has 1 aliphatic heterocycles. The molecule has 0 bridgehead atoms. The van der Waals surface area contributed by atoms with E-state index in [0.29, 0.717) is 18.8 Å². The third kappa shape index (κ3) is 5.33. The van der Waals surface area contributed by atoms with Gasteiger partial charge in [0.2, 0.25) is 0 Å². The molecule has 0 saturated carbocycles. The summed E-state index contributed by atoms with van der Waals surface area (Å²) < 4.78 is 38.4. The van der Waals surface area contributed by atoms with Crippen LogP contribution in [0.5, 0.6) is 0 Å². The van der Waals surface area contributed by atoms with Crippen LogP contribution in [-0.4, -0.2) is 43.1 Å². The second-order valence-electron chi connectivity index (χ2n) is 8.63. The van der Waals surface area contributed by atoms with Crippen LogP contribution < -0.4 is 5.32 Å². The molecule has 35 heavy (non-hydrogen) atoms. The maximum absolute atomic E-state index is 13.6. The number of nitrogens with zero attached hydrogens (tertiary/aromatic N) is 2. The Labute approximate surface area is 210 Å². The number of aromatic nitrogens is 1. The van der Waals surface area contributed by atoms with Crippen LogP contribution in [0, 0.1) is 12.7 Å². The van der Waals surface area contributed by atoms with Crippen molar-refractivity contribution in [3.05, 3.63) is 82.3 Å². The third-order valence-electron chi connectivity index (χ3n) is 6.42.